The van der Waals surface area contributed by atoms with Crippen LogP contribution in [0.4, 0.5) is 0 Å². The highest BCUT2D eigenvalue weighted by Gasteiger charge is 2.19. The molecule has 2 N–H and O–H groups in total. The van der Waals surface area contributed by atoms with Gasteiger partial charge in [0.1, 0.15) is 6.17 Å². The Morgan fingerprint density at radius 3 is 2.55 bits per heavy atom. The Hall–Kier alpha value is -1.25. The fourth-order valence-corrected chi connectivity index (χ4v) is 1.09. The third-order valence-electron chi connectivity index (χ3n) is 1.63. The average molecular weight is 152 g/mol. The molecule has 0 saturated carbocycles. The van der Waals surface area contributed by atoms with Crippen molar-refractivity contribution in [3.8, 4) is 0 Å². The highest BCUT2D eigenvalue weighted by atomic mass is 16.1. The molecule has 1 heterocycles. The van der Waals surface area contributed by atoms with Crippen molar-refractivity contribution in [1.82, 2.24) is 10.6 Å². The zero-order valence-corrected chi connectivity index (χ0v) is 6.77. The van der Waals surface area contributed by atoms with E-state index in [9.17, 15) is 4.79 Å². The van der Waals surface area contributed by atoms with Crippen molar-refractivity contribution in [1.29, 1.82) is 0 Å². The molecule has 0 aromatic heterocycles. The van der Waals surface area contributed by atoms with E-state index in [1.807, 2.05) is 6.92 Å². The second-order valence-corrected chi connectivity index (χ2v) is 2.56. The van der Waals surface area contributed by atoms with E-state index < -0.39 is 0 Å². The van der Waals surface area contributed by atoms with E-state index in [4.69, 9.17) is 0 Å². The summed E-state index contributed by atoms with van der Waals surface area (Å²) in [6.07, 6.45) is 1.73. The van der Waals surface area contributed by atoms with E-state index in [0.29, 0.717) is 5.70 Å². The van der Waals surface area contributed by atoms with Crippen LogP contribution in [0.25, 0.3) is 0 Å². The molecule has 0 spiro atoms. The summed E-state index contributed by atoms with van der Waals surface area (Å²) >= 11 is 0. The fourth-order valence-electron chi connectivity index (χ4n) is 1.09. The minimum atomic E-state index is 0.00824. The van der Waals surface area contributed by atoms with Crippen LogP contribution in [0, 0.1) is 0 Å². The van der Waals surface area contributed by atoms with E-state index in [-0.39, 0.29) is 11.9 Å². The van der Waals surface area contributed by atoms with Crippen LogP contribution in [0.2, 0.25) is 0 Å². The maximum atomic E-state index is 10.9. The SMILES string of the molecule is C=C[C@H]1NC(C)=C(C(C)=O)N1. The lowest BCUT2D eigenvalue weighted by Crippen LogP contribution is -2.31. The van der Waals surface area contributed by atoms with E-state index >= 15 is 0 Å². The van der Waals surface area contributed by atoms with Crippen LogP contribution in [-0.2, 0) is 4.79 Å². The molecule has 0 aromatic rings. The van der Waals surface area contributed by atoms with Gasteiger partial charge >= 0.3 is 0 Å². The maximum Gasteiger partial charge on any atom is 0.177 e. The third kappa shape index (κ3) is 1.42. The first kappa shape index (κ1) is 7.85. The number of rotatable bonds is 2. The van der Waals surface area contributed by atoms with Gasteiger partial charge in [0.05, 0.1) is 5.70 Å². The van der Waals surface area contributed by atoms with Crippen LogP contribution in [0.1, 0.15) is 13.8 Å². The summed E-state index contributed by atoms with van der Waals surface area (Å²) in [6.45, 7) is 7.02. The molecule has 1 aliphatic heterocycles. The summed E-state index contributed by atoms with van der Waals surface area (Å²) in [6, 6.07) is 0. The predicted octanol–water partition coefficient (Wildman–Crippen LogP) is 0.512. The van der Waals surface area contributed by atoms with Gasteiger partial charge in [-0.05, 0) is 13.0 Å². The molecule has 0 bridgehead atoms. The van der Waals surface area contributed by atoms with Crippen molar-refractivity contribution >= 4 is 5.78 Å². The molecule has 0 fully saturated rings. The number of Topliss-reactive ketones (excluding diaryl/α,β-unsaturated/α-hetero) is 1. The maximum absolute atomic E-state index is 10.9. The Morgan fingerprint density at radius 2 is 2.27 bits per heavy atom. The molecule has 1 aliphatic rings. The van der Waals surface area contributed by atoms with Gasteiger partial charge in [-0.3, -0.25) is 4.79 Å². The number of allylic oxidation sites excluding steroid dienone is 2. The van der Waals surface area contributed by atoms with E-state index in [0.717, 1.165) is 5.70 Å². The van der Waals surface area contributed by atoms with Gasteiger partial charge in [0.2, 0.25) is 0 Å². The number of nitrogens with one attached hydrogen (secondary N) is 2. The number of ketones is 1. The molecule has 60 valence electrons. The van der Waals surface area contributed by atoms with Gasteiger partial charge in [-0.1, -0.05) is 6.58 Å². The van der Waals surface area contributed by atoms with Crippen LogP contribution >= 0.6 is 0 Å². The van der Waals surface area contributed by atoms with Gasteiger partial charge in [-0.2, -0.15) is 0 Å². The Labute approximate surface area is 66.2 Å². The zero-order chi connectivity index (χ0) is 8.43. The first-order chi connectivity index (χ1) is 5.15. The quantitative estimate of drug-likeness (QED) is 0.566. The largest absolute Gasteiger partial charge is 0.364 e. The highest BCUT2D eigenvalue weighted by molar-refractivity contribution is 5.93. The smallest absolute Gasteiger partial charge is 0.177 e. The minimum absolute atomic E-state index is 0.00824. The molecule has 0 unspecified atom stereocenters. The number of carbonyl (C=O) groups is 1. The molecule has 0 radical (unpaired) electrons. The predicted molar refractivity (Wildman–Crippen MR) is 43.6 cm³/mol. The molecule has 0 aromatic carbocycles. The second kappa shape index (κ2) is 2.78. The molecule has 0 saturated heterocycles. The van der Waals surface area contributed by atoms with Crippen molar-refractivity contribution in [3.63, 3.8) is 0 Å². The lowest BCUT2D eigenvalue weighted by atomic mass is 10.3. The van der Waals surface area contributed by atoms with Crippen molar-refractivity contribution in [2.24, 2.45) is 0 Å². The monoisotopic (exact) mass is 152 g/mol. The molecular weight excluding hydrogens is 140 g/mol. The van der Waals surface area contributed by atoms with E-state index in [2.05, 4.69) is 17.2 Å². The summed E-state index contributed by atoms with van der Waals surface area (Å²) in [7, 11) is 0. The third-order valence-corrected chi connectivity index (χ3v) is 1.63. The van der Waals surface area contributed by atoms with Gasteiger partial charge in [-0.25, -0.2) is 0 Å². The standard InChI is InChI=1S/C8H12N2O/c1-4-7-9-5(2)8(10-7)6(3)11/h4,7,9-10H,1H2,2-3H3/t7-/m0/s1. The van der Waals surface area contributed by atoms with E-state index in [1.165, 1.54) is 0 Å². The molecular formula is C8H12N2O. The number of hydrogen-bond acceptors (Lipinski definition) is 3. The Bertz CT molecular complexity index is 230. The molecule has 1 rings (SSSR count). The van der Waals surface area contributed by atoms with Gasteiger partial charge in [0.25, 0.3) is 0 Å². The van der Waals surface area contributed by atoms with Gasteiger partial charge < -0.3 is 10.6 Å². The van der Waals surface area contributed by atoms with Crippen molar-refractivity contribution in [3.05, 3.63) is 24.0 Å². The first-order valence-corrected chi connectivity index (χ1v) is 3.52. The lowest BCUT2D eigenvalue weighted by molar-refractivity contribution is -0.113. The van der Waals surface area contributed by atoms with Crippen LogP contribution < -0.4 is 10.6 Å². The highest BCUT2D eigenvalue weighted by Crippen LogP contribution is 2.07. The van der Waals surface area contributed by atoms with Crippen LogP contribution in [0.5, 0.6) is 0 Å². The molecule has 11 heavy (non-hydrogen) atoms. The number of hydrogen-bond donors (Lipinski definition) is 2. The lowest BCUT2D eigenvalue weighted by Gasteiger charge is -2.06. The molecule has 0 aliphatic carbocycles. The molecule has 0 amide bonds. The fraction of sp³-hybridized carbons (Fsp3) is 0.375. The van der Waals surface area contributed by atoms with Crippen molar-refractivity contribution in [2.75, 3.05) is 0 Å². The topological polar surface area (TPSA) is 41.1 Å². The van der Waals surface area contributed by atoms with Crippen molar-refractivity contribution in [2.45, 2.75) is 20.0 Å². The summed E-state index contributed by atoms with van der Waals surface area (Å²) in [4.78, 5) is 10.9. The first-order valence-electron chi connectivity index (χ1n) is 3.52. The number of carbonyl (C=O) groups excluding carboxylic acids is 1. The Balaban J connectivity index is 2.74. The van der Waals surface area contributed by atoms with Gasteiger partial charge in [0, 0.05) is 12.6 Å². The summed E-state index contributed by atoms with van der Waals surface area (Å²) in [5.41, 5.74) is 1.55. The van der Waals surface area contributed by atoms with Crippen LogP contribution in [0.15, 0.2) is 24.0 Å². The second-order valence-electron chi connectivity index (χ2n) is 2.56. The normalized spacial score (nSPS) is 22.5. The van der Waals surface area contributed by atoms with Crippen LogP contribution in [-0.4, -0.2) is 11.9 Å². The van der Waals surface area contributed by atoms with Gasteiger partial charge in [0.15, 0.2) is 5.78 Å². The molecule has 3 nitrogen and oxygen atoms in total. The molecule has 1 atom stereocenters. The summed E-state index contributed by atoms with van der Waals surface area (Å²) in [5, 5.41) is 6.06. The summed E-state index contributed by atoms with van der Waals surface area (Å²) in [5.74, 6) is 0.0550. The van der Waals surface area contributed by atoms with Crippen LogP contribution in [0.3, 0.4) is 0 Å². The Morgan fingerprint density at radius 1 is 1.64 bits per heavy atom. The van der Waals surface area contributed by atoms with E-state index in [1.54, 1.807) is 13.0 Å². The minimum Gasteiger partial charge on any atom is -0.364 e. The summed E-state index contributed by atoms with van der Waals surface area (Å²) < 4.78 is 0. The average Bonchev–Trinajstić information content (AvgIpc) is 2.30. The zero-order valence-electron chi connectivity index (χ0n) is 6.77. The Kier molecular flexibility index (Phi) is 1.98. The molecule has 3 heteroatoms. The van der Waals surface area contributed by atoms with Crippen molar-refractivity contribution < 1.29 is 4.79 Å². The van der Waals surface area contributed by atoms with Gasteiger partial charge in [-0.15, -0.1) is 0 Å².